The second-order valence-corrected chi connectivity index (χ2v) is 7.87. The summed E-state index contributed by atoms with van der Waals surface area (Å²) in [6.07, 6.45) is 5.19. The molecule has 4 rings (SSSR count). The molecule has 6 heteroatoms. The average molecular weight is 386 g/mol. The zero-order valence-corrected chi connectivity index (χ0v) is 16.9. The molecule has 0 atom stereocenters. The van der Waals surface area contributed by atoms with Crippen molar-refractivity contribution in [2.45, 2.75) is 26.2 Å². The van der Waals surface area contributed by atoms with Gasteiger partial charge in [0.05, 0.1) is 39.1 Å². The predicted octanol–water partition coefficient (Wildman–Crippen LogP) is 3.52. The van der Waals surface area contributed by atoms with E-state index >= 15 is 0 Å². The SMILES string of the molecule is CCOc1ccnc2cc(OCCCCCN3CC4(COC4)C3)c(OC)cc12. The molecule has 1 spiro atoms. The van der Waals surface area contributed by atoms with Crippen LogP contribution in [0.25, 0.3) is 10.9 Å². The normalized spacial score (nSPS) is 17.9. The molecule has 28 heavy (non-hydrogen) atoms. The van der Waals surface area contributed by atoms with E-state index in [-0.39, 0.29) is 0 Å². The van der Waals surface area contributed by atoms with Crippen molar-refractivity contribution in [2.24, 2.45) is 5.41 Å². The summed E-state index contributed by atoms with van der Waals surface area (Å²) in [5.41, 5.74) is 1.37. The Bertz CT molecular complexity index is 798. The van der Waals surface area contributed by atoms with Gasteiger partial charge in [-0.1, -0.05) is 0 Å². The number of ether oxygens (including phenoxy) is 4. The van der Waals surface area contributed by atoms with Gasteiger partial charge >= 0.3 is 0 Å². The van der Waals surface area contributed by atoms with Gasteiger partial charge in [-0.2, -0.15) is 0 Å². The maximum atomic E-state index is 6.01. The molecule has 6 nitrogen and oxygen atoms in total. The van der Waals surface area contributed by atoms with Crippen LogP contribution in [0, 0.1) is 5.41 Å². The fraction of sp³-hybridized carbons (Fsp3) is 0.591. The molecule has 0 unspecified atom stereocenters. The van der Waals surface area contributed by atoms with Crippen LogP contribution in [0.2, 0.25) is 0 Å². The summed E-state index contributed by atoms with van der Waals surface area (Å²) in [5.74, 6) is 2.28. The van der Waals surface area contributed by atoms with Crippen molar-refractivity contribution in [1.29, 1.82) is 0 Å². The minimum atomic E-state index is 0.520. The van der Waals surface area contributed by atoms with E-state index in [2.05, 4.69) is 9.88 Å². The average Bonchev–Trinajstić information content (AvgIpc) is 2.64. The maximum absolute atomic E-state index is 6.01. The number of rotatable bonds is 10. The Morgan fingerprint density at radius 2 is 1.93 bits per heavy atom. The summed E-state index contributed by atoms with van der Waals surface area (Å²) >= 11 is 0. The number of aromatic nitrogens is 1. The molecule has 152 valence electrons. The fourth-order valence-electron chi connectivity index (χ4n) is 4.11. The summed E-state index contributed by atoms with van der Waals surface area (Å²) < 4.78 is 22.6. The highest BCUT2D eigenvalue weighted by atomic mass is 16.5. The second-order valence-electron chi connectivity index (χ2n) is 7.87. The van der Waals surface area contributed by atoms with Gasteiger partial charge in [0.1, 0.15) is 5.75 Å². The lowest BCUT2D eigenvalue weighted by atomic mass is 9.78. The second kappa shape index (κ2) is 8.53. The van der Waals surface area contributed by atoms with E-state index < -0.39 is 0 Å². The standard InChI is InChI=1S/C22H30N2O4/c1-3-27-19-7-8-23-18-12-21(20(25-2)11-17(18)19)28-10-6-4-5-9-24-13-22(14-24)15-26-16-22/h7-8,11-12H,3-6,9-10,13-16H2,1-2H3. The van der Waals surface area contributed by atoms with Gasteiger partial charge in [0.15, 0.2) is 11.5 Å². The van der Waals surface area contributed by atoms with Crippen LogP contribution >= 0.6 is 0 Å². The number of likely N-dealkylation sites (tertiary alicyclic amines) is 1. The number of pyridine rings is 1. The highest BCUT2D eigenvalue weighted by Gasteiger charge is 2.48. The molecule has 0 bridgehead atoms. The van der Waals surface area contributed by atoms with Crippen molar-refractivity contribution in [3.8, 4) is 17.2 Å². The first-order valence-corrected chi connectivity index (χ1v) is 10.3. The lowest BCUT2D eigenvalue weighted by Crippen LogP contribution is -2.65. The largest absolute Gasteiger partial charge is 0.493 e. The van der Waals surface area contributed by atoms with Gasteiger partial charge in [-0.25, -0.2) is 0 Å². The highest BCUT2D eigenvalue weighted by molar-refractivity contribution is 5.88. The van der Waals surface area contributed by atoms with Crippen molar-refractivity contribution in [1.82, 2.24) is 9.88 Å². The van der Waals surface area contributed by atoms with Gasteiger partial charge in [0.25, 0.3) is 0 Å². The molecule has 2 aliphatic heterocycles. The monoisotopic (exact) mass is 386 g/mol. The fourth-order valence-corrected chi connectivity index (χ4v) is 4.11. The van der Waals surface area contributed by atoms with Gasteiger partial charge in [0.2, 0.25) is 0 Å². The van der Waals surface area contributed by atoms with Crippen LogP contribution in [0.5, 0.6) is 17.2 Å². The van der Waals surface area contributed by atoms with Gasteiger partial charge in [0, 0.05) is 36.2 Å². The lowest BCUT2D eigenvalue weighted by Gasteiger charge is -2.55. The first-order chi connectivity index (χ1) is 13.7. The van der Waals surface area contributed by atoms with Crippen LogP contribution in [0.3, 0.4) is 0 Å². The Hall–Kier alpha value is -2.05. The maximum Gasteiger partial charge on any atom is 0.163 e. The third-order valence-corrected chi connectivity index (χ3v) is 5.60. The van der Waals surface area contributed by atoms with Gasteiger partial charge < -0.3 is 23.8 Å². The zero-order chi connectivity index (χ0) is 19.4. The molecular formula is C22H30N2O4. The van der Waals surface area contributed by atoms with Crippen LogP contribution < -0.4 is 14.2 Å². The van der Waals surface area contributed by atoms with E-state index in [0.29, 0.717) is 18.6 Å². The number of unbranched alkanes of at least 4 members (excludes halogenated alkanes) is 2. The Labute approximate surface area is 166 Å². The predicted molar refractivity (Wildman–Crippen MR) is 109 cm³/mol. The zero-order valence-electron chi connectivity index (χ0n) is 16.9. The van der Waals surface area contributed by atoms with Crippen molar-refractivity contribution in [3.63, 3.8) is 0 Å². The van der Waals surface area contributed by atoms with E-state index in [1.807, 2.05) is 25.1 Å². The minimum absolute atomic E-state index is 0.520. The Morgan fingerprint density at radius 3 is 2.64 bits per heavy atom. The van der Waals surface area contributed by atoms with Crippen molar-refractivity contribution in [2.75, 3.05) is 53.2 Å². The van der Waals surface area contributed by atoms with Gasteiger partial charge in [-0.3, -0.25) is 4.98 Å². The van der Waals surface area contributed by atoms with Crippen molar-refractivity contribution < 1.29 is 18.9 Å². The van der Waals surface area contributed by atoms with E-state index in [9.17, 15) is 0 Å². The third kappa shape index (κ3) is 4.03. The third-order valence-electron chi connectivity index (χ3n) is 5.60. The van der Waals surface area contributed by atoms with Crippen molar-refractivity contribution >= 4 is 10.9 Å². The number of benzene rings is 1. The van der Waals surface area contributed by atoms with E-state index in [1.165, 1.54) is 32.5 Å². The van der Waals surface area contributed by atoms with Crippen LogP contribution in [0.4, 0.5) is 0 Å². The molecule has 0 N–H and O–H groups in total. The molecular weight excluding hydrogens is 356 g/mol. The van der Waals surface area contributed by atoms with Crippen LogP contribution in [-0.2, 0) is 4.74 Å². The summed E-state index contributed by atoms with van der Waals surface area (Å²) in [6, 6.07) is 5.77. The summed E-state index contributed by atoms with van der Waals surface area (Å²) in [4.78, 5) is 6.99. The van der Waals surface area contributed by atoms with Crippen LogP contribution in [0.15, 0.2) is 24.4 Å². The number of fused-ring (bicyclic) bond motifs is 1. The number of nitrogens with zero attached hydrogens (tertiary/aromatic N) is 2. The number of hydrogen-bond acceptors (Lipinski definition) is 6. The topological polar surface area (TPSA) is 53.1 Å². The highest BCUT2D eigenvalue weighted by Crippen LogP contribution is 2.38. The molecule has 3 heterocycles. The minimum Gasteiger partial charge on any atom is -0.493 e. The van der Waals surface area contributed by atoms with E-state index in [1.54, 1.807) is 13.3 Å². The molecule has 0 amide bonds. The Kier molecular flexibility index (Phi) is 5.87. The molecule has 0 radical (unpaired) electrons. The summed E-state index contributed by atoms with van der Waals surface area (Å²) in [7, 11) is 1.66. The molecule has 0 saturated carbocycles. The van der Waals surface area contributed by atoms with E-state index in [4.69, 9.17) is 18.9 Å². The summed E-state index contributed by atoms with van der Waals surface area (Å²) in [6.45, 7) is 8.82. The van der Waals surface area contributed by atoms with Crippen molar-refractivity contribution in [3.05, 3.63) is 24.4 Å². The molecule has 0 aliphatic carbocycles. The smallest absolute Gasteiger partial charge is 0.163 e. The Balaban J connectivity index is 1.24. The number of methoxy groups -OCH3 is 1. The molecule has 1 aromatic carbocycles. The van der Waals surface area contributed by atoms with Crippen LogP contribution in [-0.4, -0.2) is 63.1 Å². The number of hydrogen-bond donors (Lipinski definition) is 0. The van der Waals surface area contributed by atoms with E-state index in [0.717, 1.165) is 47.8 Å². The molecule has 2 aromatic rings. The first-order valence-electron chi connectivity index (χ1n) is 10.3. The molecule has 1 aromatic heterocycles. The molecule has 2 aliphatic rings. The summed E-state index contributed by atoms with van der Waals surface area (Å²) in [5, 5.41) is 0.942. The van der Waals surface area contributed by atoms with Gasteiger partial charge in [-0.15, -0.1) is 0 Å². The quantitative estimate of drug-likeness (QED) is 0.583. The van der Waals surface area contributed by atoms with Crippen LogP contribution in [0.1, 0.15) is 26.2 Å². The lowest BCUT2D eigenvalue weighted by molar-refractivity contribution is -0.188. The first kappa shape index (κ1) is 19.3. The molecule has 2 fully saturated rings. The van der Waals surface area contributed by atoms with Gasteiger partial charge in [-0.05, 0) is 44.9 Å². The molecule has 2 saturated heterocycles. The Morgan fingerprint density at radius 1 is 1.07 bits per heavy atom.